The number of likely N-dealkylation sites (tertiary alicyclic amines) is 1. The Morgan fingerprint density at radius 3 is 3.08 bits per heavy atom. The Morgan fingerprint density at radius 2 is 2.38 bits per heavy atom. The number of rotatable bonds is 0. The van der Waals surface area contributed by atoms with Crippen molar-refractivity contribution in [2.24, 2.45) is 5.92 Å². The summed E-state index contributed by atoms with van der Waals surface area (Å²) >= 11 is 0. The molecule has 2 aliphatic heterocycles. The van der Waals surface area contributed by atoms with Crippen LogP contribution in [0.25, 0.3) is 0 Å². The number of carbonyl (C=O) groups excluding carboxylic acids is 1. The van der Waals surface area contributed by atoms with E-state index in [0.717, 1.165) is 19.6 Å². The van der Waals surface area contributed by atoms with Gasteiger partial charge in [-0.25, -0.2) is 4.79 Å². The first-order valence-corrected chi connectivity index (χ1v) is 4.87. The van der Waals surface area contributed by atoms with Crippen molar-refractivity contribution in [2.45, 2.75) is 18.9 Å². The number of piperidine rings is 1. The molecular weight excluding hydrogens is 168 g/mol. The van der Waals surface area contributed by atoms with E-state index in [1.165, 1.54) is 20.0 Å². The molecule has 0 aromatic rings. The van der Waals surface area contributed by atoms with E-state index >= 15 is 0 Å². The van der Waals surface area contributed by atoms with Crippen molar-refractivity contribution in [3.63, 3.8) is 0 Å². The third-order valence-electron chi connectivity index (χ3n) is 3.03. The third-order valence-corrected chi connectivity index (χ3v) is 3.03. The van der Waals surface area contributed by atoms with Crippen molar-refractivity contribution in [1.29, 1.82) is 0 Å². The highest BCUT2D eigenvalue weighted by molar-refractivity contribution is 5.67. The summed E-state index contributed by atoms with van der Waals surface area (Å²) in [6, 6.07) is 0.507. The lowest BCUT2D eigenvalue weighted by atomic mass is 9.94. The molecule has 0 aliphatic carbocycles. The smallest absolute Gasteiger partial charge is 0.409 e. The molecule has 0 aromatic heterocycles. The number of amides is 1. The first-order chi connectivity index (χ1) is 6.31. The minimum absolute atomic E-state index is 0.184. The van der Waals surface area contributed by atoms with Gasteiger partial charge in [0.05, 0.1) is 7.11 Å². The van der Waals surface area contributed by atoms with Gasteiger partial charge in [-0.15, -0.1) is 0 Å². The summed E-state index contributed by atoms with van der Waals surface area (Å²) in [6.45, 7) is 2.78. The van der Waals surface area contributed by atoms with Crippen LogP contribution in [0.4, 0.5) is 4.79 Å². The Labute approximate surface area is 78.2 Å². The molecule has 2 aliphatic rings. The SMILES string of the molecule is COC(=O)N1C[C@@H]2CCCN[C@@H]2C1. The molecule has 0 spiro atoms. The number of nitrogens with one attached hydrogen (secondary N) is 1. The summed E-state index contributed by atoms with van der Waals surface area (Å²) < 4.78 is 4.70. The van der Waals surface area contributed by atoms with E-state index in [1.807, 2.05) is 0 Å². The number of hydrogen-bond acceptors (Lipinski definition) is 3. The van der Waals surface area contributed by atoms with Gasteiger partial charge in [0.15, 0.2) is 0 Å². The molecule has 0 unspecified atom stereocenters. The summed E-state index contributed by atoms with van der Waals surface area (Å²) in [6.07, 6.45) is 2.29. The van der Waals surface area contributed by atoms with Gasteiger partial charge in [-0.2, -0.15) is 0 Å². The quantitative estimate of drug-likeness (QED) is 0.594. The maximum absolute atomic E-state index is 11.2. The van der Waals surface area contributed by atoms with Gasteiger partial charge >= 0.3 is 6.09 Å². The van der Waals surface area contributed by atoms with Crippen LogP contribution in [-0.4, -0.2) is 43.8 Å². The first-order valence-electron chi connectivity index (χ1n) is 4.87. The van der Waals surface area contributed by atoms with Crippen LogP contribution >= 0.6 is 0 Å². The standard InChI is InChI=1S/C9H16N2O2/c1-13-9(12)11-5-7-3-2-4-10-8(7)6-11/h7-8,10H,2-6H2,1H3/t7-,8+/m0/s1. The Hall–Kier alpha value is -0.770. The highest BCUT2D eigenvalue weighted by Gasteiger charge is 2.36. The molecule has 1 N–H and O–H groups in total. The molecule has 1 amide bonds. The van der Waals surface area contributed by atoms with Crippen molar-refractivity contribution in [3.05, 3.63) is 0 Å². The molecule has 13 heavy (non-hydrogen) atoms. The van der Waals surface area contributed by atoms with E-state index in [-0.39, 0.29) is 6.09 Å². The monoisotopic (exact) mass is 184 g/mol. The zero-order chi connectivity index (χ0) is 9.26. The second-order valence-corrected chi connectivity index (χ2v) is 3.84. The van der Waals surface area contributed by atoms with Crippen LogP contribution in [0.1, 0.15) is 12.8 Å². The Balaban J connectivity index is 1.94. The minimum atomic E-state index is -0.184. The molecule has 0 bridgehead atoms. The number of ether oxygens (including phenoxy) is 1. The van der Waals surface area contributed by atoms with Gasteiger partial charge in [0.2, 0.25) is 0 Å². The summed E-state index contributed by atoms with van der Waals surface area (Å²) in [5, 5.41) is 3.44. The lowest BCUT2D eigenvalue weighted by molar-refractivity contribution is 0.131. The van der Waals surface area contributed by atoms with Gasteiger partial charge in [-0.3, -0.25) is 0 Å². The van der Waals surface area contributed by atoms with Crippen LogP contribution in [0, 0.1) is 5.92 Å². The molecular formula is C9H16N2O2. The van der Waals surface area contributed by atoms with E-state index in [4.69, 9.17) is 4.74 Å². The zero-order valence-corrected chi connectivity index (χ0v) is 7.95. The summed E-state index contributed by atoms with van der Waals surface area (Å²) in [7, 11) is 1.44. The van der Waals surface area contributed by atoms with Gasteiger partial charge in [0, 0.05) is 19.1 Å². The molecule has 2 heterocycles. The second kappa shape index (κ2) is 3.54. The maximum Gasteiger partial charge on any atom is 0.409 e. The molecule has 0 aromatic carbocycles. The Bertz CT molecular complexity index is 194. The Kier molecular flexibility index (Phi) is 2.40. The van der Waals surface area contributed by atoms with Gasteiger partial charge in [-0.1, -0.05) is 0 Å². The number of hydrogen-bond donors (Lipinski definition) is 1. The fraction of sp³-hybridized carbons (Fsp3) is 0.889. The average molecular weight is 184 g/mol. The number of nitrogens with zero attached hydrogens (tertiary/aromatic N) is 1. The summed E-state index contributed by atoms with van der Waals surface area (Å²) in [4.78, 5) is 13.0. The van der Waals surface area contributed by atoms with Crippen molar-refractivity contribution < 1.29 is 9.53 Å². The topological polar surface area (TPSA) is 41.6 Å². The van der Waals surface area contributed by atoms with Gasteiger partial charge in [-0.05, 0) is 25.3 Å². The van der Waals surface area contributed by atoms with E-state index in [0.29, 0.717) is 12.0 Å². The highest BCUT2D eigenvalue weighted by Crippen LogP contribution is 2.24. The second-order valence-electron chi connectivity index (χ2n) is 3.84. The largest absolute Gasteiger partial charge is 0.453 e. The van der Waals surface area contributed by atoms with E-state index in [9.17, 15) is 4.79 Å². The number of methoxy groups -OCH3 is 1. The van der Waals surface area contributed by atoms with Crippen LogP contribution in [0.3, 0.4) is 0 Å². The van der Waals surface area contributed by atoms with Crippen LogP contribution < -0.4 is 5.32 Å². The van der Waals surface area contributed by atoms with Crippen molar-refractivity contribution in [2.75, 3.05) is 26.7 Å². The van der Waals surface area contributed by atoms with Crippen LogP contribution in [0.2, 0.25) is 0 Å². The number of fused-ring (bicyclic) bond motifs is 1. The van der Waals surface area contributed by atoms with E-state index in [2.05, 4.69) is 5.32 Å². The average Bonchev–Trinajstić information content (AvgIpc) is 2.59. The molecule has 2 rings (SSSR count). The maximum atomic E-state index is 11.2. The predicted molar refractivity (Wildman–Crippen MR) is 48.5 cm³/mol. The fourth-order valence-electron chi connectivity index (χ4n) is 2.32. The van der Waals surface area contributed by atoms with Crippen molar-refractivity contribution >= 4 is 6.09 Å². The molecule has 4 nitrogen and oxygen atoms in total. The van der Waals surface area contributed by atoms with E-state index in [1.54, 1.807) is 4.90 Å². The summed E-state index contributed by atoms with van der Waals surface area (Å²) in [5.41, 5.74) is 0. The summed E-state index contributed by atoms with van der Waals surface area (Å²) in [5.74, 6) is 0.646. The van der Waals surface area contributed by atoms with Crippen LogP contribution in [0.5, 0.6) is 0 Å². The normalized spacial score (nSPS) is 32.8. The Morgan fingerprint density at radius 1 is 1.54 bits per heavy atom. The number of carbonyl (C=O) groups is 1. The third kappa shape index (κ3) is 1.63. The van der Waals surface area contributed by atoms with Crippen LogP contribution in [-0.2, 0) is 4.74 Å². The molecule has 4 heteroatoms. The molecule has 2 fully saturated rings. The first kappa shape index (κ1) is 8.81. The minimum Gasteiger partial charge on any atom is -0.453 e. The fourth-order valence-corrected chi connectivity index (χ4v) is 2.32. The molecule has 2 saturated heterocycles. The van der Waals surface area contributed by atoms with Gasteiger partial charge in [0.1, 0.15) is 0 Å². The zero-order valence-electron chi connectivity index (χ0n) is 7.95. The lowest BCUT2D eigenvalue weighted by Gasteiger charge is -2.24. The van der Waals surface area contributed by atoms with Crippen LogP contribution in [0.15, 0.2) is 0 Å². The highest BCUT2D eigenvalue weighted by atomic mass is 16.5. The van der Waals surface area contributed by atoms with Crippen molar-refractivity contribution in [1.82, 2.24) is 10.2 Å². The predicted octanol–water partition coefficient (Wildman–Crippen LogP) is 0.437. The molecule has 0 radical (unpaired) electrons. The van der Waals surface area contributed by atoms with Gasteiger partial charge < -0.3 is 15.0 Å². The van der Waals surface area contributed by atoms with Crippen molar-refractivity contribution in [3.8, 4) is 0 Å². The molecule has 0 saturated carbocycles. The van der Waals surface area contributed by atoms with E-state index < -0.39 is 0 Å². The molecule has 2 atom stereocenters. The van der Waals surface area contributed by atoms with Gasteiger partial charge in [0.25, 0.3) is 0 Å². The molecule has 74 valence electrons. The lowest BCUT2D eigenvalue weighted by Crippen LogP contribution is -2.41.